The third-order valence-electron chi connectivity index (χ3n) is 5.05. The van der Waals surface area contributed by atoms with E-state index in [1.165, 1.54) is 16.5 Å². The fourth-order valence-corrected chi connectivity index (χ4v) is 3.61. The number of hydrogen-bond donors (Lipinski definition) is 0. The van der Waals surface area contributed by atoms with Crippen molar-refractivity contribution in [1.29, 1.82) is 0 Å². The lowest BCUT2D eigenvalue weighted by molar-refractivity contribution is 0.0389. The number of pyridine rings is 1. The highest BCUT2D eigenvalue weighted by Gasteiger charge is 2.20. The fraction of sp³-hybridized carbons (Fsp3) is 0.550. The summed E-state index contributed by atoms with van der Waals surface area (Å²) in [5.41, 5.74) is 3.69. The molecule has 1 aliphatic rings. The summed E-state index contributed by atoms with van der Waals surface area (Å²) >= 11 is 0. The predicted octanol–water partition coefficient (Wildman–Crippen LogP) is 3.98. The maximum absolute atomic E-state index is 5.56. The van der Waals surface area contributed by atoms with Gasteiger partial charge in [0.15, 0.2) is 0 Å². The highest BCUT2D eigenvalue weighted by molar-refractivity contribution is 5.87. The topological polar surface area (TPSA) is 34.6 Å². The molecule has 0 amide bonds. The molecule has 1 aliphatic heterocycles. The van der Waals surface area contributed by atoms with Crippen molar-refractivity contribution in [3.63, 3.8) is 0 Å². The van der Waals surface area contributed by atoms with Crippen molar-refractivity contribution in [3.8, 4) is 5.75 Å². The Kier molecular flexibility index (Phi) is 5.36. The molecule has 4 nitrogen and oxygen atoms in total. The second-order valence-electron chi connectivity index (χ2n) is 6.95. The fourth-order valence-electron chi connectivity index (χ4n) is 3.61. The molecule has 1 fully saturated rings. The van der Waals surface area contributed by atoms with Gasteiger partial charge in [0.25, 0.3) is 0 Å². The molecule has 0 unspecified atom stereocenters. The van der Waals surface area contributed by atoms with Gasteiger partial charge < -0.3 is 9.47 Å². The molecular weight excluding hydrogens is 300 g/mol. The van der Waals surface area contributed by atoms with Crippen molar-refractivity contribution in [3.05, 3.63) is 35.5 Å². The van der Waals surface area contributed by atoms with E-state index in [2.05, 4.69) is 41.9 Å². The summed E-state index contributed by atoms with van der Waals surface area (Å²) in [6, 6.07) is 6.39. The number of aromatic nitrogens is 1. The van der Waals surface area contributed by atoms with E-state index in [1.807, 2.05) is 13.3 Å². The number of likely N-dealkylation sites (tertiary alicyclic amines) is 1. The zero-order chi connectivity index (χ0) is 17.1. The van der Waals surface area contributed by atoms with Crippen LogP contribution in [0.15, 0.2) is 24.4 Å². The summed E-state index contributed by atoms with van der Waals surface area (Å²) in [5.74, 6) is 1.38. The number of hydrogen-bond acceptors (Lipinski definition) is 4. The number of nitrogens with zero attached hydrogens (tertiary/aromatic N) is 2. The molecule has 2 aromatic rings. The minimum atomic E-state index is 0.411. The highest BCUT2D eigenvalue weighted by atomic mass is 16.5. The first-order valence-electron chi connectivity index (χ1n) is 8.83. The van der Waals surface area contributed by atoms with Gasteiger partial charge in [-0.25, -0.2) is 0 Å². The van der Waals surface area contributed by atoms with E-state index in [9.17, 15) is 0 Å². The van der Waals surface area contributed by atoms with Crippen LogP contribution >= 0.6 is 0 Å². The van der Waals surface area contributed by atoms with Crippen LogP contribution in [0.1, 0.15) is 43.7 Å². The van der Waals surface area contributed by atoms with Crippen LogP contribution in [0.4, 0.5) is 0 Å². The third kappa shape index (κ3) is 3.55. The molecule has 24 heavy (non-hydrogen) atoms. The molecule has 2 heterocycles. The number of rotatable bonds is 5. The van der Waals surface area contributed by atoms with Gasteiger partial charge in [-0.05, 0) is 48.1 Å². The Morgan fingerprint density at radius 3 is 2.58 bits per heavy atom. The number of methoxy groups -OCH3 is 2. The van der Waals surface area contributed by atoms with Crippen molar-refractivity contribution >= 4 is 10.9 Å². The average Bonchev–Trinajstić information content (AvgIpc) is 2.61. The first-order chi connectivity index (χ1) is 11.6. The Labute approximate surface area is 144 Å². The summed E-state index contributed by atoms with van der Waals surface area (Å²) < 4.78 is 11.0. The molecule has 130 valence electrons. The van der Waals surface area contributed by atoms with E-state index >= 15 is 0 Å². The molecule has 0 N–H and O–H groups in total. The molecule has 0 atom stereocenters. The van der Waals surface area contributed by atoms with Crippen molar-refractivity contribution in [2.24, 2.45) is 0 Å². The second-order valence-corrected chi connectivity index (χ2v) is 6.95. The molecule has 3 rings (SSSR count). The average molecular weight is 328 g/mol. The van der Waals surface area contributed by atoms with Crippen LogP contribution in [0, 0.1) is 0 Å². The summed E-state index contributed by atoms with van der Waals surface area (Å²) in [6.07, 6.45) is 4.55. The van der Waals surface area contributed by atoms with Gasteiger partial charge in [-0.1, -0.05) is 13.8 Å². The van der Waals surface area contributed by atoms with E-state index in [1.54, 1.807) is 7.11 Å². The van der Waals surface area contributed by atoms with Crippen molar-refractivity contribution in [2.45, 2.75) is 45.3 Å². The second kappa shape index (κ2) is 7.49. The van der Waals surface area contributed by atoms with Crippen LogP contribution in [0.5, 0.6) is 5.75 Å². The lowest BCUT2D eigenvalue weighted by Crippen LogP contribution is -2.36. The smallest absolute Gasteiger partial charge is 0.119 e. The van der Waals surface area contributed by atoms with Crippen molar-refractivity contribution < 1.29 is 9.47 Å². The molecule has 1 aromatic carbocycles. The Morgan fingerprint density at radius 1 is 1.21 bits per heavy atom. The van der Waals surface area contributed by atoms with Gasteiger partial charge in [-0.15, -0.1) is 0 Å². The summed E-state index contributed by atoms with van der Waals surface area (Å²) in [5, 5.41) is 1.22. The standard InChI is InChI=1S/C20H28N2O2/c1-14(2)18-5-8-21-20-15(11-17(24-4)12-19(18)20)13-22-9-6-16(23-3)7-10-22/h5,8,11-12,14,16H,6-7,9-10,13H2,1-4H3. The van der Waals surface area contributed by atoms with Crippen molar-refractivity contribution in [2.75, 3.05) is 27.3 Å². The van der Waals surface area contributed by atoms with Crippen LogP contribution in [0.3, 0.4) is 0 Å². The van der Waals surface area contributed by atoms with Gasteiger partial charge in [0.1, 0.15) is 5.75 Å². The normalized spacial score (nSPS) is 16.9. The molecule has 0 saturated carbocycles. The SMILES string of the molecule is COc1cc(CN2CCC(OC)CC2)c2nccc(C(C)C)c2c1. The summed E-state index contributed by atoms with van der Waals surface area (Å²) in [7, 11) is 3.55. The number of ether oxygens (including phenoxy) is 2. The van der Waals surface area contributed by atoms with Crippen molar-refractivity contribution in [1.82, 2.24) is 9.88 Å². The minimum Gasteiger partial charge on any atom is -0.497 e. The van der Waals surface area contributed by atoms with Gasteiger partial charge in [0, 0.05) is 38.3 Å². The predicted molar refractivity (Wildman–Crippen MR) is 97.7 cm³/mol. The highest BCUT2D eigenvalue weighted by Crippen LogP contribution is 2.31. The molecule has 0 radical (unpaired) electrons. The Hall–Kier alpha value is -1.65. The Balaban J connectivity index is 1.93. The van der Waals surface area contributed by atoms with Gasteiger partial charge in [0.05, 0.1) is 18.7 Å². The van der Waals surface area contributed by atoms with Gasteiger partial charge in [0.2, 0.25) is 0 Å². The van der Waals surface area contributed by atoms with Crippen LogP contribution in [-0.4, -0.2) is 43.3 Å². The lowest BCUT2D eigenvalue weighted by atomic mass is 9.96. The minimum absolute atomic E-state index is 0.411. The van der Waals surface area contributed by atoms with E-state index in [4.69, 9.17) is 9.47 Å². The van der Waals surface area contributed by atoms with Gasteiger partial charge in [-0.3, -0.25) is 9.88 Å². The molecule has 1 saturated heterocycles. The van der Waals surface area contributed by atoms with Gasteiger partial charge >= 0.3 is 0 Å². The maximum atomic E-state index is 5.56. The van der Waals surface area contributed by atoms with E-state index < -0.39 is 0 Å². The first kappa shape index (κ1) is 17.2. The molecule has 0 aliphatic carbocycles. The lowest BCUT2D eigenvalue weighted by Gasteiger charge is -2.31. The molecule has 0 spiro atoms. The van der Waals surface area contributed by atoms with E-state index in [0.29, 0.717) is 12.0 Å². The summed E-state index contributed by atoms with van der Waals surface area (Å²) in [4.78, 5) is 7.18. The summed E-state index contributed by atoms with van der Waals surface area (Å²) in [6.45, 7) is 7.51. The van der Waals surface area contributed by atoms with Crippen LogP contribution in [0.25, 0.3) is 10.9 Å². The quantitative estimate of drug-likeness (QED) is 0.831. The zero-order valence-corrected chi connectivity index (χ0v) is 15.2. The number of benzene rings is 1. The first-order valence-corrected chi connectivity index (χ1v) is 8.83. The number of fused-ring (bicyclic) bond motifs is 1. The Bertz CT molecular complexity index is 691. The number of piperidine rings is 1. The molecule has 4 heteroatoms. The Morgan fingerprint density at radius 2 is 1.96 bits per heavy atom. The zero-order valence-electron chi connectivity index (χ0n) is 15.2. The third-order valence-corrected chi connectivity index (χ3v) is 5.05. The molecular formula is C20H28N2O2. The largest absolute Gasteiger partial charge is 0.497 e. The van der Waals surface area contributed by atoms with E-state index in [0.717, 1.165) is 43.7 Å². The van der Waals surface area contributed by atoms with Crippen LogP contribution in [0.2, 0.25) is 0 Å². The molecule has 0 bridgehead atoms. The van der Waals surface area contributed by atoms with E-state index in [-0.39, 0.29) is 0 Å². The van der Waals surface area contributed by atoms with Crippen LogP contribution < -0.4 is 4.74 Å². The van der Waals surface area contributed by atoms with Gasteiger partial charge in [-0.2, -0.15) is 0 Å². The monoisotopic (exact) mass is 328 g/mol. The maximum Gasteiger partial charge on any atom is 0.119 e. The van der Waals surface area contributed by atoms with Crippen LogP contribution in [-0.2, 0) is 11.3 Å². The molecule has 1 aromatic heterocycles.